The predicted molar refractivity (Wildman–Crippen MR) is 147 cm³/mol. The fourth-order valence-corrected chi connectivity index (χ4v) is 5.11. The van der Waals surface area contributed by atoms with Crippen LogP contribution in [0, 0.1) is 6.92 Å². The van der Waals surface area contributed by atoms with E-state index in [-0.39, 0.29) is 37.4 Å². The van der Waals surface area contributed by atoms with Crippen molar-refractivity contribution in [1.82, 2.24) is 10.2 Å². The van der Waals surface area contributed by atoms with Gasteiger partial charge in [-0.1, -0.05) is 55.8 Å². The van der Waals surface area contributed by atoms with E-state index in [1.54, 1.807) is 29.2 Å². The van der Waals surface area contributed by atoms with Crippen molar-refractivity contribution >= 4 is 39.1 Å². The van der Waals surface area contributed by atoms with E-state index in [1.807, 2.05) is 52.0 Å². The molecule has 2 aromatic rings. The molecule has 0 saturated carbocycles. The van der Waals surface area contributed by atoms with Crippen molar-refractivity contribution in [2.45, 2.75) is 72.0 Å². The number of amides is 2. The maximum atomic E-state index is 13.5. The summed E-state index contributed by atoms with van der Waals surface area (Å²) in [5.41, 5.74) is 2.26. The molecule has 0 aromatic heterocycles. The van der Waals surface area contributed by atoms with E-state index in [2.05, 4.69) is 5.32 Å². The number of halogens is 1. The van der Waals surface area contributed by atoms with Gasteiger partial charge < -0.3 is 10.2 Å². The van der Waals surface area contributed by atoms with Crippen LogP contribution >= 0.6 is 11.6 Å². The molecule has 7 nitrogen and oxygen atoms in total. The van der Waals surface area contributed by atoms with Gasteiger partial charge in [0.25, 0.3) is 0 Å². The summed E-state index contributed by atoms with van der Waals surface area (Å²) in [4.78, 5) is 28.1. The average molecular weight is 536 g/mol. The smallest absolute Gasteiger partial charge is 0.243 e. The van der Waals surface area contributed by atoms with Crippen molar-refractivity contribution in [3.05, 3.63) is 64.7 Å². The van der Waals surface area contributed by atoms with Crippen LogP contribution in [0.1, 0.15) is 57.6 Å². The van der Waals surface area contributed by atoms with Crippen molar-refractivity contribution in [2.24, 2.45) is 0 Å². The predicted octanol–water partition coefficient (Wildman–Crippen LogP) is 4.92. The fourth-order valence-electron chi connectivity index (χ4n) is 3.96. The Kier molecular flexibility index (Phi) is 11.2. The van der Waals surface area contributed by atoms with Gasteiger partial charge in [0.15, 0.2) is 0 Å². The summed E-state index contributed by atoms with van der Waals surface area (Å²) in [5, 5.41) is 3.51. The highest BCUT2D eigenvalue weighted by atomic mass is 35.5. The van der Waals surface area contributed by atoms with Gasteiger partial charge >= 0.3 is 0 Å². The molecule has 0 bridgehead atoms. The van der Waals surface area contributed by atoms with Crippen molar-refractivity contribution in [3.8, 4) is 0 Å². The van der Waals surface area contributed by atoms with Crippen LogP contribution in [0.5, 0.6) is 0 Å². The molecule has 2 aromatic carbocycles. The fraction of sp³-hybridized carbons (Fsp3) is 0.481. The van der Waals surface area contributed by atoms with E-state index in [4.69, 9.17) is 11.6 Å². The van der Waals surface area contributed by atoms with Crippen LogP contribution in [0.4, 0.5) is 5.69 Å². The number of benzene rings is 2. The van der Waals surface area contributed by atoms with Gasteiger partial charge in [0.2, 0.25) is 21.8 Å². The number of nitrogens with zero attached hydrogens (tertiary/aromatic N) is 2. The molecule has 1 N–H and O–H groups in total. The van der Waals surface area contributed by atoms with Gasteiger partial charge in [-0.2, -0.15) is 0 Å². The molecular formula is C27H38ClN3O4S. The quantitative estimate of drug-likeness (QED) is 0.394. The highest BCUT2D eigenvalue weighted by Gasteiger charge is 2.29. The lowest BCUT2D eigenvalue weighted by molar-refractivity contribution is -0.141. The molecule has 0 fully saturated rings. The Morgan fingerprint density at radius 3 is 2.33 bits per heavy atom. The maximum absolute atomic E-state index is 13.5. The van der Waals surface area contributed by atoms with Gasteiger partial charge in [-0.15, -0.1) is 0 Å². The monoisotopic (exact) mass is 535 g/mol. The summed E-state index contributed by atoms with van der Waals surface area (Å²) >= 11 is 6.37. The second-order valence-electron chi connectivity index (χ2n) is 9.13. The minimum absolute atomic E-state index is 0.0125. The van der Waals surface area contributed by atoms with Crippen molar-refractivity contribution < 1.29 is 18.0 Å². The number of hydrogen-bond acceptors (Lipinski definition) is 4. The van der Waals surface area contributed by atoms with E-state index in [1.165, 1.54) is 4.31 Å². The lowest BCUT2D eigenvalue weighted by atomic mass is 10.1. The summed E-state index contributed by atoms with van der Waals surface area (Å²) in [5.74, 6) is -0.427. The third-order valence-corrected chi connectivity index (χ3v) is 7.69. The van der Waals surface area contributed by atoms with Gasteiger partial charge in [0.1, 0.15) is 6.04 Å². The number of anilines is 1. The van der Waals surface area contributed by atoms with Crippen molar-refractivity contribution in [3.63, 3.8) is 0 Å². The highest BCUT2D eigenvalue weighted by Crippen LogP contribution is 2.22. The molecule has 198 valence electrons. The Hall–Kier alpha value is -2.58. The molecular weight excluding hydrogens is 498 g/mol. The number of carbonyl (C=O) groups is 2. The number of nitrogens with one attached hydrogen (secondary N) is 1. The second-order valence-corrected chi connectivity index (χ2v) is 11.4. The first kappa shape index (κ1) is 29.6. The zero-order valence-electron chi connectivity index (χ0n) is 21.8. The zero-order valence-corrected chi connectivity index (χ0v) is 23.4. The molecule has 0 aliphatic carbocycles. The Bertz CT molecular complexity index is 1140. The van der Waals surface area contributed by atoms with Crippen LogP contribution in [-0.4, -0.2) is 50.0 Å². The van der Waals surface area contributed by atoms with E-state index in [0.29, 0.717) is 23.6 Å². The molecule has 0 spiro atoms. The largest absolute Gasteiger partial charge is 0.352 e. The lowest BCUT2D eigenvalue weighted by Gasteiger charge is -2.32. The third-order valence-electron chi connectivity index (χ3n) is 6.13. The van der Waals surface area contributed by atoms with Crippen molar-refractivity contribution in [1.29, 1.82) is 0 Å². The van der Waals surface area contributed by atoms with Gasteiger partial charge in [0.05, 0.1) is 11.9 Å². The van der Waals surface area contributed by atoms with Gasteiger partial charge in [0, 0.05) is 30.6 Å². The number of aryl methyl sites for hydroxylation is 1. The molecule has 2 atom stereocenters. The number of carbonyl (C=O) groups excluding carboxylic acids is 2. The Morgan fingerprint density at radius 2 is 1.75 bits per heavy atom. The van der Waals surface area contributed by atoms with Crippen LogP contribution < -0.4 is 9.62 Å². The number of sulfonamides is 1. The van der Waals surface area contributed by atoms with E-state index in [0.717, 1.165) is 23.8 Å². The Labute approximate surface area is 220 Å². The van der Waals surface area contributed by atoms with Gasteiger partial charge in [-0.3, -0.25) is 13.9 Å². The number of rotatable bonds is 13. The van der Waals surface area contributed by atoms with Gasteiger partial charge in [-0.05, 0) is 62.4 Å². The summed E-state index contributed by atoms with van der Waals surface area (Å²) in [6, 6.07) is 13.8. The minimum Gasteiger partial charge on any atom is -0.352 e. The molecule has 0 saturated heterocycles. The maximum Gasteiger partial charge on any atom is 0.243 e. The van der Waals surface area contributed by atoms with E-state index >= 15 is 0 Å². The topological polar surface area (TPSA) is 86.8 Å². The lowest BCUT2D eigenvalue weighted by Crippen LogP contribution is -2.50. The van der Waals surface area contributed by atoms with Crippen molar-refractivity contribution in [2.75, 3.05) is 17.1 Å². The van der Waals surface area contributed by atoms with Gasteiger partial charge in [-0.25, -0.2) is 8.42 Å². The second kappa shape index (κ2) is 13.7. The summed E-state index contributed by atoms with van der Waals surface area (Å²) in [6.07, 6.45) is 2.78. The van der Waals surface area contributed by atoms with Crippen LogP contribution in [0.3, 0.4) is 0 Å². The normalized spacial score (nSPS) is 13.1. The molecule has 2 rings (SSSR count). The average Bonchev–Trinajstić information content (AvgIpc) is 2.81. The van der Waals surface area contributed by atoms with Crippen LogP contribution in [0.2, 0.25) is 5.02 Å². The summed E-state index contributed by atoms with van der Waals surface area (Å²) < 4.78 is 26.3. The molecule has 0 aliphatic rings. The highest BCUT2D eigenvalue weighted by molar-refractivity contribution is 7.92. The van der Waals surface area contributed by atoms with Crippen LogP contribution in [0.15, 0.2) is 48.5 Å². The van der Waals surface area contributed by atoms with E-state index in [9.17, 15) is 18.0 Å². The Morgan fingerprint density at radius 1 is 1.06 bits per heavy atom. The van der Waals surface area contributed by atoms with Crippen LogP contribution in [-0.2, 0) is 26.2 Å². The first-order chi connectivity index (χ1) is 17.0. The van der Waals surface area contributed by atoms with Crippen LogP contribution in [0.25, 0.3) is 0 Å². The third kappa shape index (κ3) is 8.52. The summed E-state index contributed by atoms with van der Waals surface area (Å²) in [6.45, 7) is 8.03. The minimum atomic E-state index is -3.53. The zero-order chi connectivity index (χ0) is 26.9. The Balaban J connectivity index is 2.24. The molecule has 0 radical (unpaired) electrons. The van der Waals surface area contributed by atoms with E-state index < -0.39 is 16.1 Å². The molecule has 2 unspecified atom stereocenters. The summed E-state index contributed by atoms with van der Waals surface area (Å²) in [7, 11) is -3.53. The molecule has 2 amide bonds. The molecule has 9 heteroatoms. The SMILES string of the molecule is CCC(C)NC(=O)C(CC)N(Cc1ccccc1Cl)C(=O)CCCN(c1cccc(C)c1)S(C)(=O)=O. The first-order valence-electron chi connectivity index (χ1n) is 12.4. The first-order valence-corrected chi connectivity index (χ1v) is 14.6. The number of hydrogen-bond donors (Lipinski definition) is 1. The molecule has 36 heavy (non-hydrogen) atoms. The standard InChI is InChI=1S/C27H38ClN3O4S/c1-6-21(4)29-27(33)25(7-2)30(19-22-13-8-9-15-24(22)28)26(32)16-11-17-31(36(5,34)35)23-14-10-12-20(3)18-23/h8-10,12-15,18,21,25H,6-7,11,16-17,19H2,1-5H3,(H,29,33). The molecule has 0 aliphatic heterocycles. The molecule has 0 heterocycles.